The SMILES string of the molecule is O=C(CSc1ccc(Br)cn1)c1ccc[nH]1. The summed E-state index contributed by atoms with van der Waals surface area (Å²) in [4.78, 5) is 18.7. The van der Waals surface area contributed by atoms with Gasteiger partial charge in [0.2, 0.25) is 0 Å². The van der Waals surface area contributed by atoms with Crippen LogP contribution in [0.4, 0.5) is 0 Å². The monoisotopic (exact) mass is 296 g/mol. The summed E-state index contributed by atoms with van der Waals surface area (Å²) >= 11 is 4.75. The minimum atomic E-state index is 0.0831. The van der Waals surface area contributed by atoms with Crippen LogP contribution < -0.4 is 0 Å². The molecule has 0 amide bonds. The lowest BCUT2D eigenvalue weighted by atomic mass is 10.3. The molecule has 16 heavy (non-hydrogen) atoms. The van der Waals surface area contributed by atoms with Crippen LogP contribution in [0.5, 0.6) is 0 Å². The van der Waals surface area contributed by atoms with E-state index in [0.29, 0.717) is 11.4 Å². The van der Waals surface area contributed by atoms with Crippen molar-refractivity contribution in [2.45, 2.75) is 5.03 Å². The molecule has 2 rings (SSSR count). The molecule has 0 aromatic carbocycles. The topological polar surface area (TPSA) is 45.8 Å². The molecular formula is C11H9BrN2OS. The van der Waals surface area contributed by atoms with E-state index in [9.17, 15) is 4.79 Å². The molecular weight excluding hydrogens is 288 g/mol. The maximum absolute atomic E-state index is 11.7. The van der Waals surface area contributed by atoms with Gasteiger partial charge in [-0.3, -0.25) is 4.79 Å². The molecule has 2 aromatic heterocycles. The van der Waals surface area contributed by atoms with Crippen LogP contribution in [0.25, 0.3) is 0 Å². The fourth-order valence-electron chi connectivity index (χ4n) is 1.17. The summed E-state index contributed by atoms with van der Waals surface area (Å²) in [6, 6.07) is 7.39. The van der Waals surface area contributed by atoms with Crippen LogP contribution >= 0.6 is 27.7 Å². The van der Waals surface area contributed by atoms with Crippen molar-refractivity contribution in [3.8, 4) is 0 Å². The van der Waals surface area contributed by atoms with Crippen molar-refractivity contribution in [3.05, 3.63) is 46.8 Å². The van der Waals surface area contributed by atoms with Crippen LogP contribution in [-0.2, 0) is 0 Å². The number of aromatic nitrogens is 2. The van der Waals surface area contributed by atoms with Gasteiger partial charge in [0.25, 0.3) is 0 Å². The van der Waals surface area contributed by atoms with Crippen molar-refractivity contribution in [2.75, 3.05) is 5.75 Å². The maximum Gasteiger partial charge on any atom is 0.189 e. The Kier molecular flexibility index (Phi) is 3.79. The highest BCUT2D eigenvalue weighted by Gasteiger charge is 2.07. The van der Waals surface area contributed by atoms with Crippen molar-refractivity contribution in [1.82, 2.24) is 9.97 Å². The van der Waals surface area contributed by atoms with Gasteiger partial charge in [-0.2, -0.15) is 0 Å². The van der Waals surface area contributed by atoms with E-state index < -0.39 is 0 Å². The number of H-pyrrole nitrogens is 1. The first-order chi connectivity index (χ1) is 7.75. The number of aromatic amines is 1. The molecule has 2 aromatic rings. The van der Waals surface area contributed by atoms with Crippen molar-refractivity contribution >= 4 is 33.5 Å². The molecule has 0 saturated carbocycles. The Labute approximate surface area is 106 Å². The quantitative estimate of drug-likeness (QED) is 0.696. The fraction of sp³-hybridized carbons (Fsp3) is 0.0909. The van der Waals surface area contributed by atoms with Gasteiger partial charge in [0.15, 0.2) is 5.78 Å². The first kappa shape index (κ1) is 11.4. The van der Waals surface area contributed by atoms with E-state index in [1.54, 1.807) is 18.5 Å². The fourth-order valence-corrected chi connectivity index (χ4v) is 2.13. The number of nitrogens with zero attached hydrogens (tertiary/aromatic N) is 1. The first-order valence-electron chi connectivity index (χ1n) is 4.66. The summed E-state index contributed by atoms with van der Waals surface area (Å²) in [5.41, 5.74) is 0.643. The second-order valence-electron chi connectivity index (χ2n) is 3.11. The van der Waals surface area contributed by atoms with Crippen molar-refractivity contribution < 1.29 is 4.79 Å². The van der Waals surface area contributed by atoms with Crippen molar-refractivity contribution in [1.29, 1.82) is 0 Å². The van der Waals surface area contributed by atoms with Crippen LogP contribution in [0, 0.1) is 0 Å². The van der Waals surface area contributed by atoms with Gasteiger partial charge in [-0.05, 0) is 40.2 Å². The summed E-state index contributed by atoms with van der Waals surface area (Å²) in [5.74, 6) is 0.481. The van der Waals surface area contributed by atoms with E-state index in [1.807, 2.05) is 18.2 Å². The van der Waals surface area contributed by atoms with Crippen LogP contribution in [-0.4, -0.2) is 21.5 Å². The number of nitrogens with one attached hydrogen (secondary N) is 1. The van der Waals surface area contributed by atoms with Crippen molar-refractivity contribution in [3.63, 3.8) is 0 Å². The standard InChI is InChI=1S/C11H9BrN2OS/c12-8-3-4-11(14-6-8)16-7-10(15)9-2-1-5-13-9/h1-6,13H,7H2. The zero-order valence-corrected chi connectivity index (χ0v) is 10.7. The van der Waals surface area contributed by atoms with Gasteiger partial charge in [-0.25, -0.2) is 4.98 Å². The lowest BCUT2D eigenvalue weighted by Gasteiger charge is -1.99. The third-order valence-electron chi connectivity index (χ3n) is 1.95. The second kappa shape index (κ2) is 5.32. The highest BCUT2D eigenvalue weighted by atomic mass is 79.9. The van der Waals surface area contributed by atoms with E-state index in [0.717, 1.165) is 9.50 Å². The number of halogens is 1. The molecule has 0 aliphatic carbocycles. The number of carbonyl (C=O) groups excluding carboxylic acids is 1. The molecule has 82 valence electrons. The van der Waals surface area contributed by atoms with Gasteiger partial charge >= 0.3 is 0 Å². The minimum absolute atomic E-state index is 0.0831. The molecule has 5 heteroatoms. The number of hydrogen-bond donors (Lipinski definition) is 1. The Balaban J connectivity index is 1.93. The lowest BCUT2D eigenvalue weighted by Crippen LogP contribution is -2.02. The molecule has 0 atom stereocenters. The van der Waals surface area contributed by atoms with Gasteiger partial charge < -0.3 is 4.98 Å². The minimum Gasteiger partial charge on any atom is -0.359 e. The Hall–Kier alpha value is -1.07. The average Bonchev–Trinajstić information content (AvgIpc) is 2.81. The van der Waals surface area contributed by atoms with Crippen LogP contribution in [0.3, 0.4) is 0 Å². The summed E-state index contributed by atoms with van der Waals surface area (Å²) < 4.78 is 0.938. The number of thioether (sulfide) groups is 1. The summed E-state index contributed by atoms with van der Waals surface area (Å²) in [6.45, 7) is 0. The molecule has 0 bridgehead atoms. The second-order valence-corrected chi connectivity index (χ2v) is 5.02. The molecule has 0 radical (unpaired) electrons. The van der Waals surface area contributed by atoms with E-state index >= 15 is 0 Å². The van der Waals surface area contributed by atoms with Crippen LogP contribution in [0.2, 0.25) is 0 Å². The molecule has 0 unspecified atom stereocenters. The molecule has 1 N–H and O–H groups in total. The highest BCUT2D eigenvalue weighted by molar-refractivity contribution is 9.10. The zero-order chi connectivity index (χ0) is 11.4. The number of pyridine rings is 1. The number of hydrogen-bond acceptors (Lipinski definition) is 3. The van der Waals surface area contributed by atoms with Gasteiger partial charge in [0.05, 0.1) is 16.5 Å². The molecule has 0 aliphatic heterocycles. The summed E-state index contributed by atoms with van der Waals surface area (Å²) in [7, 11) is 0. The molecule has 0 saturated heterocycles. The largest absolute Gasteiger partial charge is 0.359 e. The van der Waals surface area contributed by atoms with Crippen molar-refractivity contribution in [2.24, 2.45) is 0 Å². The van der Waals surface area contributed by atoms with E-state index in [1.165, 1.54) is 11.8 Å². The molecule has 0 spiro atoms. The summed E-state index contributed by atoms with van der Waals surface area (Å²) in [6.07, 6.45) is 3.47. The number of carbonyl (C=O) groups is 1. The van der Waals surface area contributed by atoms with Gasteiger partial charge in [-0.1, -0.05) is 11.8 Å². The number of Topliss-reactive ketones (excluding diaryl/α,β-unsaturated/α-hetero) is 1. The van der Waals surface area contributed by atoms with Gasteiger partial charge in [0.1, 0.15) is 0 Å². The third kappa shape index (κ3) is 2.96. The Bertz CT molecular complexity index is 467. The van der Waals surface area contributed by atoms with Crippen LogP contribution in [0.15, 0.2) is 46.2 Å². The maximum atomic E-state index is 11.7. The zero-order valence-electron chi connectivity index (χ0n) is 8.31. The predicted octanol–water partition coefficient (Wildman–Crippen LogP) is 3.15. The van der Waals surface area contributed by atoms with E-state index in [4.69, 9.17) is 0 Å². The smallest absolute Gasteiger partial charge is 0.189 e. The van der Waals surface area contributed by atoms with E-state index in [2.05, 4.69) is 25.9 Å². The number of ketones is 1. The lowest BCUT2D eigenvalue weighted by molar-refractivity contribution is 0.101. The molecule has 2 heterocycles. The first-order valence-corrected chi connectivity index (χ1v) is 6.44. The Morgan fingerprint density at radius 2 is 2.31 bits per heavy atom. The van der Waals surface area contributed by atoms with E-state index in [-0.39, 0.29) is 5.78 Å². The van der Waals surface area contributed by atoms with Gasteiger partial charge in [-0.15, -0.1) is 0 Å². The van der Waals surface area contributed by atoms with Crippen LogP contribution in [0.1, 0.15) is 10.5 Å². The average molecular weight is 297 g/mol. The number of rotatable bonds is 4. The molecule has 3 nitrogen and oxygen atoms in total. The third-order valence-corrected chi connectivity index (χ3v) is 3.36. The normalized spacial score (nSPS) is 10.3. The van der Waals surface area contributed by atoms with Gasteiger partial charge in [0, 0.05) is 16.9 Å². The summed E-state index contributed by atoms with van der Waals surface area (Å²) in [5, 5.41) is 0.850. The Morgan fingerprint density at radius 3 is 2.94 bits per heavy atom. The highest BCUT2D eigenvalue weighted by Crippen LogP contribution is 2.18. The molecule has 0 fully saturated rings. The Morgan fingerprint density at radius 1 is 1.44 bits per heavy atom. The molecule has 0 aliphatic rings. The predicted molar refractivity (Wildman–Crippen MR) is 67.8 cm³/mol.